The number of nitrogens with zero attached hydrogens (tertiary/aromatic N) is 1. The first-order valence-electron chi connectivity index (χ1n) is 8.56. The Kier molecular flexibility index (Phi) is 5.94. The lowest BCUT2D eigenvalue weighted by molar-refractivity contribution is 0.129. The van der Waals surface area contributed by atoms with Crippen molar-refractivity contribution in [3.8, 4) is 11.8 Å². The van der Waals surface area contributed by atoms with Crippen LogP contribution in [0.3, 0.4) is 0 Å². The van der Waals surface area contributed by atoms with Crippen LogP contribution in [0.5, 0.6) is 5.75 Å². The second-order valence-corrected chi connectivity index (χ2v) is 6.19. The Morgan fingerprint density at radius 3 is 2.69 bits per heavy atom. The van der Waals surface area contributed by atoms with Crippen molar-refractivity contribution in [2.75, 3.05) is 11.9 Å². The lowest BCUT2D eigenvalue weighted by Gasteiger charge is -2.36. The number of ether oxygens (including phenoxy) is 2. The first-order valence-corrected chi connectivity index (χ1v) is 8.56. The van der Waals surface area contributed by atoms with Gasteiger partial charge in [0.15, 0.2) is 6.61 Å². The molecule has 0 atom stereocenters. The number of nitriles is 1. The Balaban J connectivity index is 1.36. The summed E-state index contributed by atoms with van der Waals surface area (Å²) in [6, 6.07) is 19.5. The number of carbonyl (C=O) groups excluding carboxylic acids is 1. The summed E-state index contributed by atoms with van der Waals surface area (Å²) in [6.45, 7) is 0.306. The quantitative estimate of drug-likeness (QED) is 0.798. The highest BCUT2D eigenvalue weighted by Gasteiger charge is 2.30. The molecule has 3 rings (SSSR count). The molecule has 2 N–H and O–H groups in total. The Hall–Kier alpha value is -3.20. The molecular formula is C20H21N3O3. The number of hydrogen-bond donors (Lipinski definition) is 2. The predicted molar refractivity (Wildman–Crippen MR) is 97.7 cm³/mol. The van der Waals surface area contributed by atoms with E-state index in [9.17, 15) is 4.79 Å². The molecule has 0 unspecified atom stereocenters. The lowest BCUT2D eigenvalue weighted by Crippen LogP contribution is -2.49. The van der Waals surface area contributed by atoms with Gasteiger partial charge in [-0.05, 0) is 30.5 Å². The fourth-order valence-corrected chi connectivity index (χ4v) is 2.81. The summed E-state index contributed by atoms with van der Waals surface area (Å²) in [5.74, 6) is 0.662. The van der Waals surface area contributed by atoms with Crippen LogP contribution in [0, 0.1) is 11.3 Å². The highest BCUT2D eigenvalue weighted by molar-refractivity contribution is 5.67. The zero-order valence-electron chi connectivity index (χ0n) is 14.4. The van der Waals surface area contributed by atoms with E-state index in [2.05, 4.69) is 10.6 Å². The molecular weight excluding hydrogens is 330 g/mol. The molecule has 1 fully saturated rings. The zero-order chi connectivity index (χ0) is 18.2. The van der Waals surface area contributed by atoms with Gasteiger partial charge in [0.25, 0.3) is 0 Å². The number of carbonyl (C=O) groups is 1. The second kappa shape index (κ2) is 8.77. The average Bonchev–Trinajstić information content (AvgIpc) is 2.64. The van der Waals surface area contributed by atoms with E-state index in [1.165, 1.54) is 0 Å². The third-order valence-corrected chi connectivity index (χ3v) is 4.18. The molecule has 0 heterocycles. The van der Waals surface area contributed by atoms with Gasteiger partial charge in [0.05, 0.1) is 0 Å². The molecule has 0 saturated heterocycles. The van der Waals surface area contributed by atoms with Gasteiger partial charge in [-0.25, -0.2) is 4.79 Å². The number of alkyl carbamates (subject to hydrolysis) is 1. The Labute approximate surface area is 152 Å². The van der Waals surface area contributed by atoms with Gasteiger partial charge >= 0.3 is 6.09 Å². The van der Waals surface area contributed by atoms with Crippen LogP contribution < -0.4 is 15.4 Å². The lowest BCUT2D eigenvalue weighted by atomic mass is 9.86. The maximum Gasteiger partial charge on any atom is 0.407 e. The van der Waals surface area contributed by atoms with Gasteiger partial charge in [-0.2, -0.15) is 5.26 Å². The molecule has 0 aromatic heterocycles. The molecule has 0 bridgehead atoms. The van der Waals surface area contributed by atoms with Gasteiger partial charge in [-0.15, -0.1) is 0 Å². The van der Waals surface area contributed by atoms with Crippen molar-refractivity contribution in [2.45, 2.75) is 31.5 Å². The normalized spacial score (nSPS) is 18.1. The molecule has 1 aliphatic carbocycles. The highest BCUT2D eigenvalue weighted by Crippen LogP contribution is 2.26. The largest absolute Gasteiger partial charge is 0.479 e. The maximum absolute atomic E-state index is 11.8. The van der Waals surface area contributed by atoms with E-state index in [1.807, 2.05) is 60.7 Å². The van der Waals surface area contributed by atoms with Crippen LogP contribution in [0.25, 0.3) is 0 Å². The molecule has 6 heteroatoms. The standard InChI is InChI=1S/C20H21N3O3/c21-9-10-25-19-8-4-7-16(13-19)22-17-11-18(12-17)23-20(24)26-14-15-5-2-1-3-6-15/h1-8,13,17-18,22H,10-12,14H2,(H,23,24). The summed E-state index contributed by atoms with van der Waals surface area (Å²) in [5.41, 5.74) is 1.91. The van der Waals surface area contributed by atoms with Crippen LogP contribution in [0.15, 0.2) is 54.6 Å². The number of anilines is 1. The van der Waals surface area contributed by atoms with Gasteiger partial charge in [0.1, 0.15) is 18.4 Å². The molecule has 2 aromatic rings. The molecule has 0 aliphatic heterocycles. The van der Waals surface area contributed by atoms with Crippen LogP contribution in [0.2, 0.25) is 0 Å². The SMILES string of the molecule is N#CCOc1cccc(NC2CC(NC(=O)OCc3ccccc3)C2)c1. The highest BCUT2D eigenvalue weighted by atomic mass is 16.5. The summed E-state index contributed by atoms with van der Waals surface area (Å²) in [6.07, 6.45) is 1.29. The minimum atomic E-state index is -0.385. The van der Waals surface area contributed by atoms with Gasteiger partial charge in [0, 0.05) is 23.8 Å². The van der Waals surface area contributed by atoms with Crippen molar-refractivity contribution in [1.29, 1.82) is 5.26 Å². The molecule has 0 radical (unpaired) electrons. The molecule has 26 heavy (non-hydrogen) atoms. The molecule has 134 valence electrons. The van der Waals surface area contributed by atoms with Crippen molar-refractivity contribution in [1.82, 2.24) is 5.32 Å². The van der Waals surface area contributed by atoms with Crippen LogP contribution >= 0.6 is 0 Å². The van der Waals surface area contributed by atoms with Crippen molar-refractivity contribution in [3.63, 3.8) is 0 Å². The summed E-state index contributed by atoms with van der Waals surface area (Å²) in [5, 5.41) is 14.8. The molecule has 1 saturated carbocycles. The topological polar surface area (TPSA) is 83.4 Å². The molecule has 1 amide bonds. The van der Waals surface area contributed by atoms with E-state index in [-0.39, 0.29) is 25.3 Å². The summed E-state index contributed by atoms with van der Waals surface area (Å²) >= 11 is 0. The first-order chi connectivity index (χ1) is 12.7. The van der Waals surface area contributed by atoms with Crippen molar-refractivity contribution < 1.29 is 14.3 Å². The molecule has 2 aromatic carbocycles. The van der Waals surface area contributed by atoms with Gasteiger partial charge in [0.2, 0.25) is 0 Å². The third-order valence-electron chi connectivity index (χ3n) is 4.18. The monoisotopic (exact) mass is 351 g/mol. The van der Waals surface area contributed by atoms with Crippen LogP contribution in [-0.2, 0) is 11.3 Å². The number of rotatable bonds is 7. The summed E-state index contributed by atoms with van der Waals surface area (Å²) < 4.78 is 10.5. The average molecular weight is 351 g/mol. The Morgan fingerprint density at radius 1 is 1.12 bits per heavy atom. The smallest absolute Gasteiger partial charge is 0.407 e. The summed E-state index contributed by atoms with van der Waals surface area (Å²) in [4.78, 5) is 11.8. The molecule has 0 spiro atoms. The fourth-order valence-electron chi connectivity index (χ4n) is 2.81. The van der Waals surface area contributed by atoms with E-state index < -0.39 is 0 Å². The van der Waals surface area contributed by atoms with Gasteiger partial charge < -0.3 is 20.1 Å². The van der Waals surface area contributed by atoms with E-state index in [0.29, 0.717) is 11.8 Å². The number of hydrogen-bond acceptors (Lipinski definition) is 5. The number of benzene rings is 2. The molecule has 1 aliphatic rings. The first kappa shape index (κ1) is 17.6. The predicted octanol–water partition coefficient (Wildman–Crippen LogP) is 3.46. The van der Waals surface area contributed by atoms with E-state index in [0.717, 1.165) is 24.1 Å². The Morgan fingerprint density at radius 2 is 1.92 bits per heavy atom. The minimum Gasteiger partial charge on any atom is -0.479 e. The Bertz CT molecular complexity index is 767. The van der Waals surface area contributed by atoms with Crippen molar-refractivity contribution in [3.05, 3.63) is 60.2 Å². The summed E-state index contributed by atoms with van der Waals surface area (Å²) in [7, 11) is 0. The van der Waals surface area contributed by atoms with Crippen molar-refractivity contribution in [2.24, 2.45) is 0 Å². The second-order valence-electron chi connectivity index (χ2n) is 6.19. The van der Waals surface area contributed by atoms with Crippen LogP contribution in [0.4, 0.5) is 10.5 Å². The van der Waals surface area contributed by atoms with Gasteiger partial charge in [-0.3, -0.25) is 0 Å². The molecule has 6 nitrogen and oxygen atoms in total. The van der Waals surface area contributed by atoms with Crippen molar-refractivity contribution >= 4 is 11.8 Å². The van der Waals surface area contributed by atoms with Crippen LogP contribution in [-0.4, -0.2) is 24.8 Å². The number of amides is 1. The zero-order valence-corrected chi connectivity index (χ0v) is 14.4. The van der Waals surface area contributed by atoms with Gasteiger partial charge in [-0.1, -0.05) is 36.4 Å². The maximum atomic E-state index is 11.8. The van der Waals surface area contributed by atoms with E-state index >= 15 is 0 Å². The fraction of sp³-hybridized carbons (Fsp3) is 0.300. The number of nitrogens with one attached hydrogen (secondary N) is 2. The minimum absolute atomic E-state index is 0.0317. The van der Waals surface area contributed by atoms with E-state index in [4.69, 9.17) is 14.7 Å². The van der Waals surface area contributed by atoms with E-state index in [1.54, 1.807) is 0 Å². The van der Waals surface area contributed by atoms with Crippen LogP contribution in [0.1, 0.15) is 18.4 Å². The third kappa shape index (κ3) is 5.15.